The number of carboxylic acids is 3. The summed E-state index contributed by atoms with van der Waals surface area (Å²) < 4.78 is -0.545. The molecule has 0 aromatic heterocycles. The first kappa shape index (κ1) is 34.1. The van der Waals surface area contributed by atoms with E-state index in [-0.39, 0.29) is 6.54 Å². The molecule has 2 N–H and O–H groups in total. The Bertz CT molecular complexity index is 564. The Morgan fingerprint density at radius 3 is 1.31 bits per heavy atom. The topological polar surface area (TPSA) is 115 Å². The Balaban J connectivity index is 3.72. The minimum absolute atomic E-state index is 0.141. The lowest BCUT2D eigenvalue weighted by molar-refractivity contribution is -0.908. The van der Waals surface area contributed by atoms with Gasteiger partial charge in [-0.05, 0) is 12.8 Å². The normalized spacial score (nSPS) is 11.8. The first-order valence-corrected chi connectivity index (χ1v) is 14.4. The fourth-order valence-corrected chi connectivity index (χ4v) is 4.82. The van der Waals surface area contributed by atoms with Crippen LogP contribution in [0.25, 0.3) is 0 Å². The molecule has 0 aromatic carbocycles. The van der Waals surface area contributed by atoms with Crippen LogP contribution in [0, 0.1) is 0 Å². The van der Waals surface area contributed by atoms with Gasteiger partial charge in [-0.1, -0.05) is 122 Å². The minimum Gasteiger partial charge on any atom is -0.544 e. The van der Waals surface area contributed by atoms with Crippen LogP contribution in [0.2, 0.25) is 0 Å². The van der Waals surface area contributed by atoms with Gasteiger partial charge in [0.15, 0.2) is 13.1 Å². The lowest BCUT2D eigenvalue weighted by Gasteiger charge is -2.35. The van der Waals surface area contributed by atoms with Crippen LogP contribution in [-0.4, -0.2) is 58.8 Å². The van der Waals surface area contributed by atoms with E-state index in [4.69, 9.17) is 10.2 Å². The molecule has 0 unspecified atom stereocenters. The Morgan fingerprint density at radius 2 is 0.944 bits per heavy atom. The summed E-state index contributed by atoms with van der Waals surface area (Å²) in [5.74, 6) is -3.88. The predicted octanol–water partition coefficient (Wildman–Crippen LogP) is 5.71. The Hall–Kier alpha value is -1.89. The molecular formula is C29H53NO6. The van der Waals surface area contributed by atoms with Crippen molar-refractivity contribution in [3.63, 3.8) is 0 Å². The molecule has 0 aliphatic heterocycles. The van der Waals surface area contributed by atoms with Crippen LogP contribution in [0.3, 0.4) is 0 Å². The van der Waals surface area contributed by atoms with Crippen molar-refractivity contribution in [2.75, 3.05) is 26.2 Å². The number of carbonyl (C=O) groups is 3. The molecule has 7 heteroatoms. The molecule has 0 bridgehead atoms. The number of quaternary nitrogens is 1. The van der Waals surface area contributed by atoms with Gasteiger partial charge in [-0.15, -0.1) is 0 Å². The Morgan fingerprint density at radius 1 is 0.583 bits per heavy atom. The van der Waals surface area contributed by atoms with E-state index in [9.17, 15) is 19.5 Å². The number of nitrogens with zero attached hydrogens (tertiary/aromatic N) is 1. The van der Waals surface area contributed by atoms with E-state index >= 15 is 0 Å². The summed E-state index contributed by atoms with van der Waals surface area (Å²) in [7, 11) is 0. The van der Waals surface area contributed by atoms with Crippen molar-refractivity contribution >= 4 is 17.9 Å². The molecular weight excluding hydrogens is 458 g/mol. The van der Waals surface area contributed by atoms with E-state index < -0.39 is 42.0 Å². The second-order valence-electron chi connectivity index (χ2n) is 10.4. The smallest absolute Gasteiger partial charge is 0.359 e. The third-order valence-corrected chi connectivity index (χ3v) is 6.82. The summed E-state index contributed by atoms with van der Waals surface area (Å²) in [5, 5.41) is 29.3. The molecule has 0 fully saturated rings. The van der Waals surface area contributed by atoms with Crippen molar-refractivity contribution in [1.29, 1.82) is 0 Å². The zero-order valence-corrected chi connectivity index (χ0v) is 22.9. The number of allylic oxidation sites excluding steroid dienone is 1. The Kier molecular flexibility index (Phi) is 22.3. The van der Waals surface area contributed by atoms with Gasteiger partial charge in [0, 0.05) is 6.42 Å². The van der Waals surface area contributed by atoms with Gasteiger partial charge in [-0.3, -0.25) is 0 Å². The van der Waals surface area contributed by atoms with Crippen molar-refractivity contribution in [2.24, 2.45) is 0 Å². The molecule has 0 rings (SSSR count). The second-order valence-corrected chi connectivity index (χ2v) is 10.4. The van der Waals surface area contributed by atoms with E-state index in [0.29, 0.717) is 6.42 Å². The van der Waals surface area contributed by atoms with Gasteiger partial charge in [-0.25, -0.2) is 9.59 Å². The third-order valence-electron chi connectivity index (χ3n) is 6.82. The fraction of sp³-hybridized carbons (Fsp3) is 0.828. The highest BCUT2D eigenvalue weighted by Crippen LogP contribution is 2.15. The van der Waals surface area contributed by atoms with Crippen molar-refractivity contribution in [2.45, 2.75) is 129 Å². The zero-order valence-electron chi connectivity index (χ0n) is 22.9. The van der Waals surface area contributed by atoms with E-state index in [0.717, 1.165) is 12.8 Å². The highest BCUT2D eigenvalue weighted by molar-refractivity contribution is 5.72. The Labute approximate surface area is 219 Å². The summed E-state index contributed by atoms with van der Waals surface area (Å²) in [5.41, 5.74) is 0. The SMILES string of the molecule is CCCCCCCCCCCCCCCCCCC/C=C/CC[N+](CC(=O)[O-])(CC(=O)O)CC(=O)O. The summed E-state index contributed by atoms with van der Waals surface area (Å²) in [6.07, 6.45) is 28.1. The number of carboxylic acid groups (broad SMARTS) is 3. The van der Waals surface area contributed by atoms with E-state index in [1.807, 2.05) is 12.2 Å². The average molecular weight is 512 g/mol. The lowest BCUT2D eigenvalue weighted by Crippen LogP contribution is -2.59. The van der Waals surface area contributed by atoms with Gasteiger partial charge in [-0.2, -0.15) is 0 Å². The van der Waals surface area contributed by atoms with Gasteiger partial charge in [0.25, 0.3) is 0 Å². The average Bonchev–Trinajstić information content (AvgIpc) is 2.78. The molecule has 0 heterocycles. The first-order chi connectivity index (χ1) is 17.3. The molecule has 0 aromatic rings. The molecule has 210 valence electrons. The highest BCUT2D eigenvalue weighted by atomic mass is 16.4. The van der Waals surface area contributed by atoms with Crippen LogP contribution in [0.1, 0.15) is 129 Å². The molecule has 0 spiro atoms. The molecule has 0 radical (unpaired) electrons. The predicted molar refractivity (Wildman–Crippen MR) is 143 cm³/mol. The molecule has 0 aliphatic rings. The van der Waals surface area contributed by atoms with E-state index in [1.165, 1.54) is 103 Å². The standard InChI is InChI=1S/C29H53NO6/c1-2-3-4-5-6-7-8-9-10-11-12-13-14-15-16-17-18-19-20-21-22-23-30(24-27(31)32,25-28(33)34)26-29(35)36/h20-21H,2-19,22-26H2,1H3,(H2-,31,32,33,34,35,36)/b21-20+. The van der Waals surface area contributed by atoms with Crippen LogP contribution >= 0.6 is 0 Å². The molecule has 0 saturated carbocycles. The van der Waals surface area contributed by atoms with Crippen LogP contribution in [0.15, 0.2) is 12.2 Å². The van der Waals surface area contributed by atoms with Crippen molar-refractivity contribution < 1.29 is 34.2 Å². The van der Waals surface area contributed by atoms with Crippen molar-refractivity contribution in [1.82, 2.24) is 0 Å². The molecule has 0 saturated heterocycles. The number of carbonyl (C=O) groups excluding carboxylic acids is 1. The molecule has 36 heavy (non-hydrogen) atoms. The van der Waals surface area contributed by atoms with Crippen LogP contribution in [0.5, 0.6) is 0 Å². The number of aliphatic carboxylic acids is 3. The maximum atomic E-state index is 11.2. The summed E-state index contributed by atoms with van der Waals surface area (Å²) >= 11 is 0. The molecule has 0 aliphatic carbocycles. The van der Waals surface area contributed by atoms with Gasteiger partial charge >= 0.3 is 11.9 Å². The van der Waals surface area contributed by atoms with E-state index in [2.05, 4.69) is 6.92 Å². The van der Waals surface area contributed by atoms with Gasteiger partial charge in [0.2, 0.25) is 0 Å². The lowest BCUT2D eigenvalue weighted by atomic mass is 10.0. The van der Waals surface area contributed by atoms with Crippen LogP contribution in [0.4, 0.5) is 0 Å². The first-order valence-electron chi connectivity index (χ1n) is 14.4. The summed E-state index contributed by atoms with van der Waals surface area (Å²) in [4.78, 5) is 33.4. The van der Waals surface area contributed by atoms with Gasteiger partial charge < -0.3 is 24.6 Å². The van der Waals surface area contributed by atoms with Crippen molar-refractivity contribution in [3.8, 4) is 0 Å². The third kappa shape index (κ3) is 22.6. The summed E-state index contributed by atoms with van der Waals surface area (Å²) in [6, 6.07) is 0. The molecule has 0 atom stereocenters. The van der Waals surface area contributed by atoms with Crippen LogP contribution in [-0.2, 0) is 14.4 Å². The second kappa shape index (κ2) is 23.5. The maximum absolute atomic E-state index is 11.2. The van der Waals surface area contributed by atoms with Crippen LogP contribution < -0.4 is 5.11 Å². The fourth-order valence-electron chi connectivity index (χ4n) is 4.82. The van der Waals surface area contributed by atoms with E-state index in [1.54, 1.807) is 0 Å². The maximum Gasteiger partial charge on any atom is 0.359 e. The monoisotopic (exact) mass is 511 g/mol. The number of hydrogen-bond acceptors (Lipinski definition) is 4. The molecule has 0 amide bonds. The van der Waals surface area contributed by atoms with Gasteiger partial charge in [0.1, 0.15) is 6.54 Å². The number of rotatable bonds is 27. The quantitative estimate of drug-likeness (QED) is 0.0829. The highest BCUT2D eigenvalue weighted by Gasteiger charge is 2.33. The number of unbranched alkanes of at least 4 members (excludes halogenated alkanes) is 17. The zero-order chi connectivity index (χ0) is 26.9. The minimum atomic E-state index is -1.44. The number of hydrogen-bond donors (Lipinski definition) is 2. The largest absolute Gasteiger partial charge is 0.544 e. The van der Waals surface area contributed by atoms with Crippen molar-refractivity contribution in [3.05, 3.63) is 12.2 Å². The summed E-state index contributed by atoms with van der Waals surface area (Å²) in [6.45, 7) is 0.690. The molecule has 7 nitrogen and oxygen atoms in total. The van der Waals surface area contributed by atoms with Gasteiger partial charge in [0.05, 0.1) is 12.5 Å².